The van der Waals surface area contributed by atoms with Gasteiger partial charge in [0.25, 0.3) is 20.2 Å². The van der Waals surface area contributed by atoms with Crippen molar-refractivity contribution in [1.29, 1.82) is 0 Å². The molecule has 0 bridgehead atoms. The van der Waals surface area contributed by atoms with E-state index in [1.807, 2.05) is 6.07 Å². The van der Waals surface area contributed by atoms with Gasteiger partial charge in [-0.05, 0) is 125 Å². The third-order valence-corrected chi connectivity index (χ3v) is 19.1. The van der Waals surface area contributed by atoms with Crippen molar-refractivity contribution in [3.05, 3.63) is 118 Å². The monoisotopic (exact) mass is 1360 g/mol. The molecule has 0 spiro atoms. The summed E-state index contributed by atoms with van der Waals surface area (Å²) in [4.78, 5) is 69.3. The average molecular weight is 1360 g/mol. The molecule has 6 N–H and O–H groups in total. The Kier molecular flexibility index (Phi) is 26.0. The molecule has 1 saturated heterocycles. The molecular weight excluding hydrogens is 1270 g/mol. The number of rotatable bonds is 25. The van der Waals surface area contributed by atoms with Crippen LogP contribution in [0.1, 0.15) is 84.9 Å². The van der Waals surface area contributed by atoms with Crippen LogP contribution in [-0.2, 0) is 64.7 Å². The average Bonchev–Trinajstić information content (AvgIpc) is 1.25. The van der Waals surface area contributed by atoms with Crippen molar-refractivity contribution < 1.29 is 73.3 Å². The second-order valence-electron chi connectivity index (χ2n) is 23.6. The number of ether oxygens (including phenoxy) is 3. The molecule has 3 atom stereocenters. The van der Waals surface area contributed by atoms with Gasteiger partial charge in [0, 0.05) is 135 Å². The second-order valence-corrected chi connectivity index (χ2v) is 33.4. The van der Waals surface area contributed by atoms with E-state index >= 15 is 0 Å². The Balaban J connectivity index is 1.34. The topological polar surface area (TPSA) is 332 Å². The van der Waals surface area contributed by atoms with Crippen molar-refractivity contribution in [2.45, 2.75) is 71.7 Å². The highest BCUT2D eigenvalue weighted by Crippen LogP contribution is 2.36. The fourth-order valence-electron chi connectivity index (χ4n) is 9.72. The summed E-state index contributed by atoms with van der Waals surface area (Å²) >= 11 is 0. The highest BCUT2D eigenvalue weighted by Gasteiger charge is 2.26. The number of carbonyl (C=O) groups excluding carboxylic acids is 1. The molecule has 1 aliphatic rings. The van der Waals surface area contributed by atoms with Gasteiger partial charge < -0.3 is 44.0 Å². The van der Waals surface area contributed by atoms with Crippen LogP contribution in [-0.4, -0.2) is 201 Å². The minimum atomic E-state index is -4.16. The number of nitrogens with zero attached hydrogens (tertiary/aromatic N) is 8. The molecule has 4 heterocycles. The number of anilines is 2. The van der Waals surface area contributed by atoms with E-state index in [4.69, 9.17) is 29.2 Å². The van der Waals surface area contributed by atoms with Crippen molar-refractivity contribution in [3.8, 4) is 35.2 Å². The molecule has 0 aliphatic carbocycles. The van der Waals surface area contributed by atoms with Crippen LogP contribution in [0.15, 0.2) is 72.8 Å². The van der Waals surface area contributed by atoms with Crippen LogP contribution in [0.4, 0.5) is 16.2 Å². The maximum atomic E-state index is 13.4. The van der Waals surface area contributed by atoms with Crippen LogP contribution in [0.25, 0.3) is 0 Å². The zero-order valence-corrected chi connectivity index (χ0v) is 57.4. The van der Waals surface area contributed by atoms with Gasteiger partial charge >= 0.3 is 6.09 Å². The third-order valence-electron chi connectivity index (χ3n) is 14.3. The van der Waals surface area contributed by atoms with Crippen LogP contribution in [0.3, 0.4) is 0 Å². The highest BCUT2D eigenvalue weighted by molar-refractivity contribution is 7.86. The number of amides is 1. The smallest absolute Gasteiger partial charge is 0.407 e. The summed E-state index contributed by atoms with van der Waals surface area (Å²) in [7, 11) is -13.6. The normalized spacial score (nSPS) is 15.8. The van der Waals surface area contributed by atoms with E-state index in [2.05, 4.69) is 43.7 Å². The minimum Gasteiger partial charge on any atom is -0.495 e. The second kappa shape index (κ2) is 32.1. The first kappa shape index (κ1) is 73.8. The predicted octanol–water partition coefficient (Wildman–Crippen LogP) is 4.97. The first-order valence-corrected chi connectivity index (χ1v) is 38.8. The number of benzene rings is 2. The fourth-order valence-corrected chi connectivity index (χ4v) is 12.8. The van der Waals surface area contributed by atoms with Gasteiger partial charge in [-0.3, -0.25) is 37.5 Å². The summed E-state index contributed by atoms with van der Waals surface area (Å²) in [6.07, 6.45) is 0.708. The van der Waals surface area contributed by atoms with Crippen molar-refractivity contribution in [2.24, 2.45) is 0 Å². The lowest BCUT2D eigenvalue weighted by Gasteiger charge is -2.26. The van der Waals surface area contributed by atoms with Crippen molar-refractivity contribution in [2.75, 3.05) is 129 Å². The van der Waals surface area contributed by atoms with E-state index in [1.165, 1.54) is 46.3 Å². The zero-order valence-electron chi connectivity index (χ0n) is 53.1. The number of nitrogens with one attached hydrogen (secondary N) is 1. The Morgan fingerprint density at radius 1 is 0.571 bits per heavy atom. The summed E-state index contributed by atoms with van der Waals surface area (Å²) in [5, 5.41) is 2.76. The lowest BCUT2D eigenvalue weighted by molar-refractivity contribution is 0.0527. The number of alkyl carbamates (subject to hydrolysis) is 1. The standard InChI is InChI=1S/C61H84N9O16P3S2/c1-61(2,3)86-60(71)62-23-11-14-47-34-50(63-57(39-47)87(8,72)73)42-68-26-28-69(43-51-35-48(40-58(64-51)88(9,74)75)17-15-45-19-21-55(84-6)53(37-45)66(4)24-12-32-90(78,79)80)30-31-70(29-27-68)44-52-36-49(41-59(65-52)89(10,76)77)18-16-46-20-22-56(85-7)54(38-46)67(5)25-13-33-91(81,82)83/h19-22,34-41H,11-14,23-33,42-44H2,1-10H3,(H,62,71)(H,72,73)(H,74,75)(H,76,77)(H,78,79,80)(H,81,82,83). The Bertz CT molecular complexity index is 3710. The molecular formula is C61H84N9O16P3S2. The maximum absolute atomic E-state index is 13.4. The van der Waals surface area contributed by atoms with Crippen LogP contribution < -0.4 is 40.9 Å². The van der Waals surface area contributed by atoms with Gasteiger partial charge in [0.15, 0.2) is 0 Å². The Hall–Kier alpha value is -6.25. The van der Waals surface area contributed by atoms with E-state index in [-0.39, 0.29) is 61.9 Å². The minimum absolute atomic E-state index is 0.0404. The molecule has 0 radical (unpaired) electrons. The van der Waals surface area contributed by atoms with Gasteiger partial charge in [-0.25, -0.2) is 19.7 Å². The number of hydrogen-bond acceptors (Lipinski definition) is 19. The van der Waals surface area contributed by atoms with Gasteiger partial charge in [-0.15, -0.1) is 0 Å². The summed E-state index contributed by atoms with van der Waals surface area (Å²) in [6.45, 7) is 13.2. The number of aryl methyl sites for hydroxylation is 1. The quantitative estimate of drug-likeness (QED) is 0.0194. The van der Waals surface area contributed by atoms with Gasteiger partial charge in [0.1, 0.15) is 33.4 Å². The van der Waals surface area contributed by atoms with Crippen molar-refractivity contribution in [3.63, 3.8) is 0 Å². The predicted molar refractivity (Wildman–Crippen MR) is 354 cm³/mol. The SMILES string of the molecule is COc1ccc(C#Cc2cc(CN3CCN(Cc4cc(C#Cc5ccc(OC)c(N(C)CCCS(=O)(=O)O)c5)cc(P(C)(=O)O)n4)CCN(Cc4cc(CCCNC(=O)OC(C)(C)C)cc(P(C)(=O)O)n4)CC3)nc(P(C)(=O)O)c2)cc1N(C)CCCS(=O)(=O)O. The summed E-state index contributed by atoms with van der Waals surface area (Å²) < 4.78 is 121. The number of pyridine rings is 3. The molecule has 1 aliphatic heterocycles. The molecule has 5 aromatic rings. The van der Waals surface area contributed by atoms with Crippen LogP contribution >= 0.6 is 22.1 Å². The Morgan fingerprint density at radius 3 is 1.29 bits per heavy atom. The lowest BCUT2D eigenvalue weighted by atomic mass is 10.1. The van der Waals surface area contributed by atoms with Gasteiger partial charge in [0.2, 0.25) is 22.1 Å². The molecule has 6 rings (SSSR count). The van der Waals surface area contributed by atoms with E-state index in [9.17, 15) is 59.1 Å². The molecule has 30 heteroatoms. The van der Waals surface area contributed by atoms with E-state index in [0.717, 1.165) is 5.56 Å². The number of carbonyl (C=O) groups is 1. The summed E-state index contributed by atoms with van der Waals surface area (Å²) in [6, 6.07) is 20.5. The molecule has 3 aromatic heterocycles. The zero-order chi connectivity index (χ0) is 67.1. The first-order valence-electron chi connectivity index (χ1n) is 29.2. The summed E-state index contributed by atoms with van der Waals surface area (Å²) in [5.41, 5.74) is 4.66. The van der Waals surface area contributed by atoms with Crippen molar-refractivity contribution >= 4 is 76.1 Å². The third kappa shape index (κ3) is 25.3. The molecule has 496 valence electrons. The van der Waals surface area contributed by atoms with Crippen molar-refractivity contribution in [1.82, 2.24) is 35.0 Å². The molecule has 25 nitrogen and oxygen atoms in total. The molecule has 1 fully saturated rings. The Morgan fingerprint density at radius 2 is 0.934 bits per heavy atom. The van der Waals surface area contributed by atoms with Gasteiger partial charge in [-0.2, -0.15) is 16.8 Å². The van der Waals surface area contributed by atoms with E-state index < -0.39 is 65.5 Å². The molecule has 2 aromatic carbocycles. The van der Waals surface area contributed by atoms with Gasteiger partial charge in [-0.1, -0.05) is 23.7 Å². The number of methoxy groups -OCH3 is 2. The lowest BCUT2D eigenvalue weighted by Crippen LogP contribution is -2.36. The molecule has 0 saturated carbocycles. The number of aromatic nitrogens is 3. The van der Waals surface area contributed by atoms with Crippen LogP contribution in [0.2, 0.25) is 0 Å². The van der Waals surface area contributed by atoms with E-state index in [1.54, 1.807) is 99.3 Å². The van der Waals surface area contributed by atoms with E-state index in [0.29, 0.717) is 121 Å². The largest absolute Gasteiger partial charge is 0.495 e. The number of hydrogen-bond donors (Lipinski definition) is 6. The highest BCUT2D eigenvalue weighted by atomic mass is 32.2. The molecule has 1 amide bonds. The fraction of sp³-hybridized carbons (Fsp3) is 0.475. The van der Waals surface area contributed by atoms with Crippen LogP contribution in [0, 0.1) is 23.7 Å². The molecule has 3 unspecified atom stereocenters. The Labute approximate surface area is 534 Å². The van der Waals surface area contributed by atoms with Gasteiger partial charge in [0.05, 0.1) is 54.2 Å². The summed E-state index contributed by atoms with van der Waals surface area (Å²) in [5.74, 6) is 12.8. The molecule has 91 heavy (non-hydrogen) atoms. The maximum Gasteiger partial charge on any atom is 0.407 e. The van der Waals surface area contributed by atoms with Crippen LogP contribution in [0.5, 0.6) is 11.5 Å². The first-order chi connectivity index (χ1) is 42.4.